The van der Waals surface area contributed by atoms with Crippen molar-refractivity contribution in [3.05, 3.63) is 35.7 Å². The summed E-state index contributed by atoms with van der Waals surface area (Å²) in [7, 11) is -0.447. The molecule has 2 aromatic rings. The summed E-state index contributed by atoms with van der Waals surface area (Å²) in [6.07, 6.45) is 0.224. The van der Waals surface area contributed by atoms with Gasteiger partial charge in [0.2, 0.25) is 15.9 Å². The first kappa shape index (κ1) is 18.2. The van der Waals surface area contributed by atoms with E-state index in [0.29, 0.717) is 6.54 Å². The van der Waals surface area contributed by atoms with Crippen LogP contribution in [0.4, 0.5) is 0 Å². The van der Waals surface area contributed by atoms with E-state index < -0.39 is 10.0 Å². The number of primary amides is 1. The van der Waals surface area contributed by atoms with Crippen LogP contribution in [0.2, 0.25) is 0 Å². The number of aryl methyl sites for hydroxylation is 2. The highest BCUT2D eigenvalue weighted by molar-refractivity contribution is 7.89. The zero-order valence-corrected chi connectivity index (χ0v) is 15.1. The van der Waals surface area contributed by atoms with Gasteiger partial charge in [0.1, 0.15) is 0 Å². The lowest BCUT2D eigenvalue weighted by molar-refractivity contribution is -0.118. The van der Waals surface area contributed by atoms with E-state index in [4.69, 9.17) is 5.73 Å². The molecule has 0 saturated heterocycles. The molecule has 1 heterocycles. The Morgan fingerprint density at radius 3 is 2.29 bits per heavy atom. The third kappa shape index (κ3) is 3.49. The third-order valence-electron chi connectivity index (χ3n) is 3.87. The van der Waals surface area contributed by atoms with E-state index in [1.165, 1.54) is 18.4 Å². The van der Waals surface area contributed by atoms with Crippen molar-refractivity contribution in [1.29, 1.82) is 0 Å². The van der Waals surface area contributed by atoms with Crippen LogP contribution in [0.15, 0.2) is 29.2 Å². The van der Waals surface area contributed by atoms with Crippen LogP contribution in [-0.2, 0) is 21.4 Å². The molecule has 0 saturated carbocycles. The minimum atomic E-state index is -3.45. The maximum atomic E-state index is 12.1. The number of sulfonamides is 1. The molecule has 0 aliphatic carbocycles. The lowest BCUT2D eigenvalue weighted by atomic mass is 10.0. The Labute approximate surface area is 142 Å². The summed E-state index contributed by atoms with van der Waals surface area (Å²) in [6.45, 7) is 4.23. The van der Waals surface area contributed by atoms with Gasteiger partial charge >= 0.3 is 0 Å². The van der Waals surface area contributed by atoms with E-state index in [-0.39, 0.29) is 17.2 Å². The van der Waals surface area contributed by atoms with Crippen molar-refractivity contribution < 1.29 is 13.2 Å². The van der Waals surface area contributed by atoms with Crippen LogP contribution in [0.25, 0.3) is 11.1 Å². The highest BCUT2D eigenvalue weighted by Crippen LogP contribution is 2.28. The second-order valence-electron chi connectivity index (χ2n) is 5.80. The van der Waals surface area contributed by atoms with Crippen molar-refractivity contribution in [1.82, 2.24) is 14.1 Å². The fraction of sp³-hybridized carbons (Fsp3) is 0.375. The average Bonchev–Trinajstić information content (AvgIpc) is 2.79. The molecule has 0 fully saturated rings. The van der Waals surface area contributed by atoms with Gasteiger partial charge < -0.3 is 5.73 Å². The predicted octanol–water partition coefficient (Wildman–Crippen LogP) is 1.29. The van der Waals surface area contributed by atoms with Gasteiger partial charge in [-0.3, -0.25) is 9.48 Å². The van der Waals surface area contributed by atoms with E-state index >= 15 is 0 Å². The molecular formula is C16H22N4O3S. The molecule has 2 N–H and O–H groups in total. The Kier molecular flexibility index (Phi) is 5.10. The first-order valence-corrected chi connectivity index (χ1v) is 8.94. The minimum absolute atomic E-state index is 0.224. The molecule has 0 aliphatic rings. The number of rotatable bonds is 6. The molecule has 0 aliphatic heterocycles. The van der Waals surface area contributed by atoms with Gasteiger partial charge in [-0.1, -0.05) is 12.1 Å². The zero-order chi connectivity index (χ0) is 18.1. The smallest absolute Gasteiger partial charge is 0.242 e. The first-order chi connectivity index (χ1) is 11.1. The summed E-state index contributed by atoms with van der Waals surface area (Å²) in [4.78, 5) is 11.2. The lowest BCUT2D eigenvalue weighted by Gasteiger charge is -2.12. The second kappa shape index (κ2) is 6.74. The predicted molar refractivity (Wildman–Crippen MR) is 91.8 cm³/mol. The quantitative estimate of drug-likeness (QED) is 0.849. The number of carbonyl (C=O) groups is 1. The Hall–Kier alpha value is -2.19. The molecule has 0 unspecified atom stereocenters. The Bertz CT molecular complexity index is 852. The van der Waals surface area contributed by atoms with Crippen molar-refractivity contribution >= 4 is 15.9 Å². The number of nitrogens with two attached hydrogens (primary N) is 1. The lowest BCUT2D eigenvalue weighted by Crippen LogP contribution is -2.22. The molecule has 0 radical (unpaired) electrons. The molecule has 2 rings (SSSR count). The molecule has 0 atom stereocenters. The normalized spacial score (nSPS) is 11.9. The molecule has 1 amide bonds. The molecular weight excluding hydrogens is 328 g/mol. The maximum absolute atomic E-state index is 12.1. The fourth-order valence-electron chi connectivity index (χ4n) is 2.55. The second-order valence-corrected chi connectivity index (χ2v) is 7.95. The van der Waals surface area contributed by atoms with Gasteiger partial charge in [-0.05, 0) is 31.5 Å². The SMILES string of the molecule is Cc1nn(CCC(N)=O)c(C)c1-c1ccc(S(=O)(=O)N(C)C)cc1. The van der Waals surface area contributed by atoms with Crippen molar-refractivity contribution in [2.75, 3.05) is 14.1 Å². The monoisotopic (exact) mass is 350 g/mol. The van der Waals surface area contributed by atoms with Gasteiger partial charge in [-0.25, -0.2) is 12.7 Å². The van der Waals surface area contributed by atoms with Crippen LogP contribution in [-0.4, -0.2) is 42.5 Å². The number of nitrogens with zero attached hydrogens (tertiary/aromatic N) is 3. The maximum Gasteiger partial charge on any atom is 0.242 e. The summed E-state index contributed by atoms with van der Waals surface area (Å²) in [5, 5.41) is 4.44. The number of hydrogen-bond donors (Lipinski definition) is 1. The molecule has 0 spiro atoms. The van der Waals surface area contributed by atoms with Crippen LogP contribution in [0.3, 0.4) is 0 Å². The topological polar surface area (TPSA) is 98.3 Å². The summed E-state index contributed by atoms with van der Waals surface area (Å²) in [5.74, 6) is -0.373. The average molecular weight is 350 g/mol. The first-order valence-electron chi connectivity index (χ1n) is 7.50. The van der Waals surface area contributed by atoms with Crippen molar-refractivity contribution in [2.45, 2.75) is 31.7 Å². The van der Waals surface area contributed by atoms with Crippen molar-refractivity contribution in [3.8, 4) is 11.1 Å². The molecule has 130 valence electrons. The van der Waals surface area contributed by atoms with Gasteiger partial charge in [-0.15, -0.1) is 0 Å². The standard InChI is InChI=1S/C16H22N4O3S/c1-11-16(12(2)20(18-11)10-9-15(17)21)13-5-7-14(8-6-13)24(22,23)19(3)4/h5-8H,9-10H2,1-4H3,(H2,17,21). The zero-order valence-electron chi connectivity index (χ0n) is 14.3. The summed E-state index contributed by atoms with van der Waals surface area (Å²) in [5.41, 5.74) is 8.74. The number of carbonyl (C=O) groups excluding carboxylic acids is 1. The summed E-state index contributed by atoms with van der Waals surface area (Å²) < 4.78 is 27.2. The highest BCUT2D eigenvalue weighted by atomic mass is 32.2. The molecule has 24 heavy (non-hydrogen) atoms. The van der Waals surface area contributed by atoms with Gasteiger partial charge in [-0.2, -0.15) is 5.10 Å². The van der Waals surface area contributed by atoms with E-state index in [2.05, 4.69) is 5.10 Å². The van der Waals surface area contributed by atoms with Crippen LogP contribution >= 0.6 is 0 Å². The largest absolute Gasteiger partial charge is 0.370 e. The van der Waals surface area contributed by atoms with Gasteiger partial charge in [0.05, 0.1) is 10.6 Å². The van der Waals surface area contributed by atoms with E-state index in [1.54, 1.807) is 28.9 Å². The number of hydrogen-bond acceptors (Lipinski definition) is 4. The van der Waals surface area contributed by atoms with E-state index in [0.717, 1.165) is 22.5 Å². The van der Waals surface area contributed by atoms with Crippen LogP contribution in [0, 0.1) is 13.8 Å². The molecule has 8 heteroatoms. The van der Waals surface area contributed by atoms with Crippen LogP contribution < -0.4 is 5.73 Å². The third-order valence-corrected chi connectivity index (χ3v) is 5.70. The number of aromatic nitrogens is 2. The van der Waals surface area contributed by atoms with E-state index in [1.807, 2.05) is 13.8 Å². The van der Waals surface area contributed by atoms with Crippen LogP contribution in [0.5, 0.6) is 0 Å². The Balaban J connectivity index is 2.38. The summed E-state index contributed by atoms with van der Waals surface area (Å²) in [6, 6.07) is 6.71. The van der Waals surface area contributed by atoms with Crippen molar-refractivity contribution in [3.63, 3.8) is 0 Å². The van der Waals surface area contributed by atoms with E-state index in [9.17, 15) is 13.2 Å². The molecule has 1 aromatic carbocycles. The molecule has 1 aromatic heterocycles. The Morgan fingerprint density at radius 1 is 1.21 bits per heavy atom. The summed E-state index contributed by atoms with van der Waals surface area (Å²) >= 11 is 0. The number of amides is 1. The van der Waals surface area contributed by atoms with Crippen molar-refractivity contribution in [2.24, 2.45) is 5.73 Å². The van der Waals surface area contributed by atoms with Gasteiger partial charge in [0.25, 0.3) is 0 Å². The molecule has 7 nitrogen and oxygen atoms in total. The Morgan fingerprint density at radius 2 is 1.79 bits per heavy atom. The van der Waals surface area contributed by atoms with Gasteiger partial charge in [0.15, 0.2) is 0 Å². The highest BCUT2D eigenvalue weighted by Gasteiger charge is 2.18. The van der Waals surface area contributed by atoms with Crippen LogP contribution in [0.1, 0.15) is 17.8 Å². The van der Waals surface area contributed by atoms with Gasteiger partial charge in [0, 0.05) is 38.3 Å². The fourth-order valence-corrected chi connectivity index (χ4v) is 3.45. The molecule has 0 bridgehead atoms. The minimum Gasteiger partial charge on any atom is -0.370 e. The number of benzene rings is 1.